The van der Waals surface area contributed by atoms with Crippen molar-refractivity contribution >= 4 is 22.9 Å². The van der Waals surface area contributed by atoms with Crippen LogP contribution < -0.4 is 4.90 Å². The van der Waals surface area contributed by atoms with Crippen molar-refractivity contribution in [1.82, 2.24) is 4.90 Å². The van der Waals surface area contributed by atoms with Gasteiger partial charge in [0.2, 0.25) is 0 Å². The van der Waals surface area contributed by atoms with Crippen molar-refractivity contribution in [1.29, 1.82) is 0 Å². The molecule has 0 atom stereocenters. The Morgan fingerprint density at radius 1 is 1.07 bits per heavy atom. The second kappa shape index (κ2) is 8.89. The fraction of sp³-hybridized carbons (Fsp3) is 0.292. The summed E-state index contributed by atoms with van der Waals surface area (Å²) in [6.07, 6.45) is 1.75. The summed E-state index contributed by atoms with van der Waals surface area (Å²) in [5.41, 5.74) is 2.86. The lowest BCUT2D eigenvalue weighted by Gasteiger charge is -2.38. The van der Waals surface area contributed by atoms with Crippen molar-refractivity contribution in [3.05, 3.63) is 87.9 Å². The lowest BCUT2D eigenvalue weighted by Crippen LogP contribution is -2.47. The van der Waals surface area contributed by atoms with Crippen LogP contribution in [0.1, 0.15) is 33.6 Å². The minimum atomic E-state index is -0.149. The molecule has 0 spiro atoms. The molecule has 5 heteroatoms. The van der Waals surface area contributed by atoms with Gasteiger partial charge in [-0.05, 0) is 49.4 Å². The Morgan fingerprint density at radius 3 is 2.45 bits per heavy atom. The van der Waals surface area contributed by atoms with Crippen LogP contribution in [0.25, 0.3) is 0 Å². The molecule has 0 aliphatic carbocycles. The third-order valence-electron chi connectivity index (χ3n) is 5.54. The second-order valence-electron chi connectivity index (χ2n) is 7.59. The number of rotatable bonds is 5. The van der Waals surface area contributed by atoms with Gasteiger partial charge in [0.05, 0.1) is 4.88 Å². The zero-order valence-corrected chi connectivity index (χ0v) is 17.4. The third-order valence-corrected chi connectivity index (χ3v) is 6.39. The monoisotopic (exact) mass is 408 g/mol. The van der Waals surface area contributed by atoms with Gasteiger partial charge >= 0.3 is 0 Å². The van der Waals surface area contributed by atoms with E-state index in [4.69, 9.17) is 0 Å². The van der Waals surface area contributed by atoms with Crippen molar-refractivity contribution < 1.29 is 9.18 Å². The molecule has 1 amide bonds. The Morgan fingerprint density at radius 2 is 1.79 bits per heavy atom. The molecule has 3 nitrogen and oxygen atoms in total. The molecule has 1 fully saturated rings. The maximum atomic E-state index is 14.0. The number of aryl methyl sites for hydroxylation is 1. The van der Waals surface area contributed by atoms with Crippen molar-refractivity contribution in [3.63, 3.8) is 0 Å². The van der Waals surface area contributed by atoms with Crippen LogP contribution in [-0.2, 0) is 6.54 Å². The molecule has 0 bridgehead atoms. The van der Waals surface area contributed by atoms with E-state index in [2.05, 4.69) is 24.0 Å². The van der Waals surface area contributed by atoms with Gasteiger partial charge in [-0.1, -0.05) is 42.0 Å². The smallest absolute Gasteiger partial charge is 0.268 e. The van der Waals surface area contributed by atoms with Crippen LogP contribution in [0.15, 0.2) is 66.0 Å². The van der Waals surface area contributed by atoms with Crippen LogP contribution in [0, 0.1) is 12.7 Å². The maximum Gasteiger partial charge on any atom is 0.268 e. The van der Waals surface area contributed by atoms with E-state index in [-0.39, 0.29) is 17.8 Å². The Kier molecular flexibility index (Phi) is 6.07. The molecule has 1 aromatic heterocycles. The molecule has 0 radical (unpaired) electrons. The van der Waals surface area contributed by atoms with Gasteiger partial charge < -0.3 is 4.90 Å². The summed E-state index contributed by atoms with van der Waals surface area (Å²) < 4.78 is 14.0. The molecule has 2 heterocycles. The topological polar surface area (TPSA) is 23.6 Å². The molecule has 1 aliphatic heterocycles. The summed E-state index contributed by atoms with van der Waals surface area (Å²) >= 11 is 1.48. The number of anilines is 1. The van der Waals surface area contributed by atoms with Gasteiger partial charge in [-0.15, -0.1) is 11.3 Å². The summed E-state index contributed by atoms with van der Waals surface area (Å²) in [4.78, 5) is 18.3. The first kappa shape index (κ1) is 19.8. The van der Waals surface area contributed by atoms with E-state index in [0.29, 0.717) is 6.54 Å². The molecule has 0 N–H and O–H groups in total. The third kappa shape index (κ3) is 4.57. The van der Waals surface area contributed by atoms with E-state index in [1.165, 1.54) is 23.0 Å². The Balaban J connectivity index is 1.50. The number of hydrogen-bond acceptors (Lipinski definition) is 3. The molecule has 29 heavy (non-hydrogen) atoms. The van der Waals surface area contributed by atoms with E-state index in [9.17, 15) is 9.18 Å². The number of benzene rings is 2. The highest BCUT2D eigenvalue weighted by Crippen LogP contribution is 2.28. The van der Waals surface area contributed by atoms with Crippen LogP contribution in [0.4, 0.5) is 10.1 Å². The summed E-state index contributed by atoms with van der Waals surface area (Å²) in [5, 5.41) is 1.94. The zero-order chi connectivity index (χ0) is 20.2. The first-order valence-corrected chi connectivity index (χ1v) is 10.9. The number of carbonyl (C=O) groups is 1. The minimum Gasteiger partial charge on any atom is -0.305 e. The number of hydrogen-bond donors (Lipinski definition) is 0. The fourth-order valence-corrected chi connectivity index (χ4v) is 4.58. The standard InChI is InChI=1S/C24H25FN2OS/c1-18-8-10-20(11-9-18)27(24(28)23-7-4-16-29-23)21-12-14-26(15-13-21)17-19-5-2-3-6-22(19)25/h2-11,16,21H,12-15,17H2,1H3. The van der Waals surface area contributed by atoms with Crippen LogP contribution in [0.3, 0.4) is 0 Å². The largest absolute Gasteiger partial charge is 0.305 e. The maximum absolute atomic E-state index is 14.0. The molecule has 2 aromatic carbocycles. The fourth-order valence-electron chi connectivity index (χ4n) is 3.92. The van der Waals surface area contributed by atoms with E-state index in [1.54, 1.807) is 6.07 Å². The van der Waals surface area contributed by atoms with E-state index >= 15 is 0 Å². The zero-order valence-electron chi connectivity index (χ0n) is 16.6. The van der Waals surface area contributed by atoms with Gasteiger partial charge in [-0.3, -0.25) is 9.69 Å². The van der Waals surface area contributed by atoms with Gasteiger partial charge in [0, 0.05) is 36.9 Å². The lowest BCUT2D eigenvalue weighted by atomic mass is 10.0. The van der Waals surface area contributed by atoms with Gasteiger partial charge in [-0.25, -0.2) is 4.39 Å². The molecular formula is C24H25FN2OS. The molecule has 1 saturated heterocycles. The first-order valence-electron chi connectivity index (χ1n) is 10.0. The Labute approximate surface area is 175 Å². The quantitative estimate of drug-likeness (QED) is 0.556. The summed E-state index contributed by atoms with van der Waals surface area (Å²) in [7, 11) is 0. The van der Waals surface area contributed by atoms with Crippen LogP contribution in [-0.4, -0.2) is 29.9 Å². The Hall–Kier alpha value is -2.50. The van der Waals surface area contributed by atoms with Crippen LogP contribution in [0.2, 0.25) is 0 Å². The van der Waals surface area contributed by atoms with Crippen molar-refractivity contribution in [2.45, 2.75) is 32.4 Å². The average Bonchev–Trinajstić information content (AvgIpc) is 3.27. The normalized spacial score (nSPS) is 15.4. The summed E-state index contributed by atoms with van der Waals surface area (Å²) in [6.45, 7) is 4.36. The van der Waals surface area contributed by atoms with Crippen LogP contribution >= 0.6 is 11.3 Å². The highest BCUT2D eigenvalue weighted by atomic mass is 32.1. The number of likely N-dealkylation sites (tertiary alicyclic amines) is 1. The Bertz CT molecular complexity index is 947. The number of piperidine rings is 1. The van der Waals surface area contributed by atoms with Gasteiger partial charge in [-0.2, -0.15) is 0 Å². The van der Waals surface area contributed by atoms with Gasteiger partial charge in [0.25, 0.3) is 5.91 Å². The molecule has 0 saturated carbocycles. The van der Waals surface area contributed by atoms with Crippen molar-refractivity contribution in [2.24, 2.45) is 0 Å². The lowest BCUT2D eigenvalue weighted by molar-refractivity contribution is 0.0962. The van der Waals surface area contributed by atoms with E-state index in [0.717, 1.165) is 42.1 Å². The van der Waals surface area contributed by atoms with Gasteiger partial charge in [0.15, 0.2) is 0 Å². The number of halogens is 1. The SMILES string of the molecule is Cc1ccc(N(C(=O)c2cccs2)C2CCN(Cc3ccccc3F)CC2)cc1. The summed E-state index contributed by atoms with van der Waals surface area (Å²) in [5.74, 6) is -0.0832. The van der Waals surface area contributed by atoms with E-state index in [1.807, 2.05) is 46.7 Å². The van der Waals surface area contributed by atoms with Crippen molar-refractivity contribution in [3.8, 4) is 0 Å². The number of carbonyl (C=O) groups excluding carboxylic acids is 1. The van der Waals surface area contributed by atoms with Gasteiger partial charge in [0.1, 0.15) is 5.82 Å². The molecular weight excluding hydrogens is 383 g/mol. The number of amides is 1. The molecule has 150 valence electrons. The first-order chi connectivity index (χ1) is 14.1. The predicted molar refractivity (Wildman–Crippen MR) is 117 cm³/mol. The highest BCUT2D eigenvalue weighted by molar-refractivity contribution is 7.12. The highest BCUT2D eigenvalue weighted by Gasteiger charge is 2.30. The predicted octanol–water partition coefficient (Wildman–Crippen LogP) is 5.51. The second-order valence-corrected chi connectivity index (χ2v) is 8.53. The number of nitrogens with zero attached hydrogens (tertiary/aromatic N) is 2. The average molecular weight is 409 g/mol. The molecule has 4 rings (SSSR count). The number of thiophene rings is 1. The minimum absolute atomic E-state index is 0.0661. The van der Waals surface area contributed by atoms with Crippen molar-refractivity contribution in [2.75, 3.05) is 18.0 Å². The molecule has 0 unspecified atom stereocenters. The van der Waals surface area contributed by atoms with E-state index < -0.39 is 0 Å². The summed E-state index contributed by atoms with van der Waals surface area (Å²) in [6, 6.07) is 19.1. The molecule has 1 aliphatic rings. The van der Waals surface area contributed by atoms with Crippen LogP contribution in [0.5, 0.6) is 0 Å². The molecule has 3 aromatic rings.